The van der Waals surface area contributed by atoms with Crippen LogP contribution in [0.25, 0.3) is 11.1 Å². The van der Waals surface area contributed by atoms with Crippen molar-refractivity contribution in [2.45, 2.75) is 27.7 Å². The lowest BCUT2D eigenvalue weighted by atomic mass is 10.1. The van der Waals surface area contributed by atoms with Crippen LogP contribution in [0.2, 0.25) is 0 Å². The monoisotopic (exact) mass is 264 g/mol. The second-order valence-corrected chi connectivity index (χ2v) is 5.29. The Bertz CT molecular complexity index is 513. The van der Waals surface area contributed by atoms with Crippen LogP contribution in [0.3, 0.4) is 0 Å². The molecule has 0 N–H and O–H groups in total. The second-order valence-electron chi connectivity index (χ2n) is 5.29. The normalized spacial score (nSPS) is 9.40. The Morgan fingerprint density at radius 2 is 0.850 bits per heavy atom. The Morgan fingerprint density at radius 3 is 1.05 bits per heavy atom. The second kappa shape index (κ2) is 7.49. The van der Waals surface area contributed by atoms with Gasteiger partial charge in [0.1, 0.15) is 0 Å². The van der Waals surface area contributed by atoms with Crippen molar-refractivity contribution in [3.8, 4) is 0 Å². The third-order valence-corrected chi connectivity index (χ3v) is 3.09. The first kappa shape index (κ1) is 16.0. The summed E-state index contributed by atoms with van der Waals surface area (Å²) in [4.78, 5) is 0. The van der Waals surface area contributed by atoms with E-state index in [1.54, 1.807) is 0 Å². The fourth-order valence-electron chi connectivity index (χ4n) is 1.68. The van der Waals surface area contributed by atoms with Crippen LogP contribution < -0.4 is 0 Å². The lowest BCUT2D eigenvalue weighted by Gasteiger charge is -1.98. The predicted octanol–water partition coefficient (Wildman–Crippen LogP) is 6.06. The maximum atomic E-state index is 3.86. The molecule has 0 bridgehead atoms. The first-order valence-corrected chi connectivity index (χ1v) is 6.85. The van der Waals surface area contributed by atoms with Crippen molar-refractivity contribution in [3.63, 3.8) is 0 Å². The molecule has 0 heteroatoms. The van der Waals surface area contributed by atoms with Crippen molar-refractivity contribution in [2.24, 2.45) is 0 Å². The van der Waals surface area contributed by atoms with Gasteiger partial charge >= 0.3 is 0 Å². The molecule has 104 valence electrons. The van der Waals surface area contributed by atoms with E-state index in [1.807, 2.05) is 13.8 Å². The largest absolute Gasteiger partial charge is 0.0955 e. The molecule has 0 radical (unpaired) electrons. The fourth-order valence-corrected chi connectivity index (χ4v) is 1.68. The van der Waals surface area contributed by atoms with E-state index < -0.39 is 0 Å². The first-order valence-electron chi connectivity index (χ1n) is 6.85. The maximum Gasteiger partial charge on any atom is -0.0233 e. The molecule has 0 amide bonds. The molecule has 0 spiro atoms. The average molecular weight is 264 g/mol. The summed E-state index contributed by atoms with van der Waals surface area (Å²) in [5, 5.41) is 0. The summed E-state index contributed by atoms with van der Waals surface area (Å²) in [6.45, 7) is 15.9. The molecule has 20 heavy (non-hydrogen) atoms. The van der Waals surface area contributed by atoms with Gasteiger partial charge in [-0.15, -0.1) is 0 Å². The van der Waals surface area contributed by atoms with Gasteiger partial charge in [-0.2, -0.15) is 0 Å². The SMILES string of the molecule is C=C(C)c1ccc(C)cc1.C=C(C)c1ccc(C)cc1. The molecular formula is C20H24. The predicted molar refractivity (Wildman–Crippen MR) is 91.8 cm³/mol. The van der Waals surface area contributed by atoms with Crippen molar-refractivity contribution in [1.82, 2.24) is 0 Å². The summed E-state index contributed by atoms with van der Waals surface area (Å²) in [7, 11) is 0. The minimum absolute atomic E-state index is 1.13. The van der Waals surface area contributed by atoms with Crippen LogP contribution in [0, 0.1) is 13.8 Å². The zero-order valence-corrected chi connectivity index (χ0v) is 13.0. The van der Waals surface area contributed by atoms with E-state index in [0.29, 0.717) is 0 Å². The van der Waals surface area contributed by atoms with E-state index in [4.69, 9.17) is 0 Å². The molecule has 0 unspecified atom stereocenters. The Kier molecular flexibility index (Phi) is 5.99. The van der Waals surface area contributed by atoms with E-state index in [-0.39, 0.29) is 0 Å². The molecule has 0 aliphatic rings. The van der Waals surface area contributed by atoms with Gasteiger partial charge < -0.3 is 0 Å². The van der Waals surface area contributed by atoms with Gasteiger partial charge in [-0.25, -0.2) is 0 Å². The molecule has 0 saturated heterocycles. The minimum atomic E-state index is 1.13. The number of benzene rings is 2. The van der Waals surface area contributed by atoms with Gasteiger partial charge in [0.2, 0.25) is 0 Å². The van der Waals surface area contributed by atoms with Crippen LogP contribution in [0.1, 0.15) is 36.1 Å². The first-order chi connectivity index (χ1) is 9.40. The number of hydrogen-bond donors (Lipinski definition) is 0. The van der Waals surface area contributed by atoms with Crippen LogP contribution in [0.5, 0.6) is 0 Å². The maximum absolute atomic E-state index is 3.86. The molecule has 0 heterocycles. The Morgan fingerprint density at radius 1 is 0.600 bits per heavy atom. The zero-order valence-electron chi connectivity index (χ0n) is 13.0. The van der Waals surface area contributed by atoms with Crippen molar-refractivity contribution in [3.05, 3.63) is 83.9 Å². The summed E-state index contributed by atoms with van der Waals surface area (Å²) < 4.78 is 0. The average Bonchev–Trinajstić information content (AvgIpc) is 2.40. The van der Waals surface area contributed by atoms with Crippen molar-refractivity contribution < 1.29 is 0 Å². The molecule has 2 aromatic carbocycles. The number of allylic oxidation sites excluding steroid dienone is 2. The van der Waals surface area contributed by atoms with Crippen LogP contribution in [0.15, 0.2) is 61.7 Å². The summed E-state index contributed by atoms with van der Waals surface area (Å²) in [5.74, 6) is 0. The van der Waals surface area contributed by atoms with Crippen LogP contribution in [-0.4, -0.2) is 0 Å². The molecule has 0 aliphatic heterocycles. The lowest BCUT2D eigenvalue weighted by Crippen LogP contribution is -1.76. The topological polar surface area (TPSA) is 0 Å². The quantitative estimate of drug-likeness (QED) is 0.618. The van der Waals surface area contributed by atoms with Gasteiger partial charge in [0.15, 0.2) is 0 Å². The Hall–Kier alpha value is -2.08. The van der Waals surface area contributed by atoms with E-state index in [2.05, 4.69) is 75.5 Å². The smallest absolute Gasteiger partial charge is 0.0233 e. The Balaban J connectivity index is 0.000000200. The van der Waals surface area contributed by atoms with Crippen LogP contribution >= 0.6 is 0 Å². The molecule has 0 aliphatic carbocycles. The highest BCUT2D eigenvalue weighted by Gasteiger charge is 1.90. The molecule has 0 saturated carbocycles. The highest BCUT2D eigenvalue weighted by molar-refractivity contribution is 5.61. The summed E-state index contributed by atoms with van der Waals surface area (Å²) in [5.41, 5.74) is 7.30. The minimum Gasteiger partial charge on any atom is -0.0955 e. The number of rotatable bonds is 2. The van der Waals surface area contributed by atoms with Gasteiger partial charge in [0.05, 0.1) is 0 Å². The molecule has 2 rings (SSSR count). The molecule has 2 aromatic rings. The zero-order chi connectivity index (χ0) is 15.1. The van der Waals surface area contributed by atoms with Gasteiger partial charge in [0.25, 0.3) is 0 Å². The molecule has 0 atom stereocenters. The van der Waals surface area contributed by atoms with Gasteiger partial charge in [-0.3, -0.25) is 0 Å². The molecular weight excluding hydrogens is 240 g/mol. The van der Waals surface area contributed by atoms with Gasteiger partial charge in [0, 0.05) is 0 Å². The van der Waals surface area contributed by atoms with E-state index in [0.717, 1.165) is 11.1 Å². The molecule has 0 nitrogen and oxygen atoms in total. The summed E-state index contributed by atoms with van der Waals surface area (Å²) in [6, 6.07) is 16.8. The number of hydrogen-bond acceptors (Lipinski definition) is 0. The third-order valence-electron chi connectivity index (χ3n) is 3.09. The lowest BCUT2D eigenvalue weighted by molar-refractivity contribution is 1.45. The number of aryl methyl sites for hydroxylation is 2. The Labute approximate surface area is 123 Å². The molecule has 0 aromatic heterocycles. The molecule has 0 fully saturated rings. The summed E-state index contributed by atoms with van der Waals surface area (Å²) >= 11 is 0. The van der Waals surface area contributed by atoms with E-state index in [9.17, 15) is 0 Å². The van der Waals surface area contributed by atoms with Crippen molar-refractivity contribution in [2.75, 3.05) is 0 Å². The van der Waals surface area contributed by atoms with Gasteiger partial charge in [-0.1, -0.05) is 84.0 Å². The third kappa shape index (κ3) is 5.27. The van der Waals surface area contributed by atoms with E-state index >= 15 is 0 Å². The summed E-state index contributed by atoms with van der Waals surface area (Å²) in [6.07, 6.45) is 0. The highest BCUT2D eigenvalue weighted by atomic mass is 14.0. The van der Waals surface area contributed by atoms with Crippen molar-refractivity contribution in [1.29, 1.82) is 0 Å². The standard InChI is InChI=1S/2C10H12/c2*1-8(2)10-6-4-9(3)5-7-10/h2*4-7H,1H2,2-3H3. The van der Waals surface area contributed by atoms with Crippen molar-refractivity contribution >= 4 is 11.1 Å². The van der Waals surface area contributed by atoms with Gasteiger partial charge in [-0.05, 0) is 38.8 Å². The highest BCUT2D eigenvalue weighted by Crippen LogP contribution is 2.11. The van der Waals surface area contributed by atoms with Crippen LogP contribution in [0.4, 0.5) is 0 Å². The van der Waals surface area contributed by atoms with E-state index in [1.165, 1.54) is 22.3 Å². The fraction of sp³-hybridized carbons (Fsp3) is 0.200. The van der Waals surface area contributed by atoms with Crippen LogP contribution in [-0.2, 0) is 0 Å².